The van der Waals surface area contributed by atoms with Crippen LogP contribution in [0.25, 0.3) is 0 Å². The SMILES string of the molecule is CC1(C)Cc2cc(Cl)cc(C(=O)NC3CCN(CCCN)CC3)c2O1.CC1(C)Cc2cc(Cl)cc(C(=O)NC3CCN(CCCN)CC3)c2O1.O. The van der Waals surface area contributed by atoms with Crippen molar-refractivity contribution in [2.45, 2.75) is 102 Å². The van der Waals surface area contributed by atoms with Gasteiger partial charge in [-0.1, -0.05) is 23.2 Å². The largest absolute Gasteiger partial charge is 0.486 e. The monoisotopic (exact) mass is 748 g/mol. The predicted molar refractivity (Wildman–Crippen MR) is 205 cm³/mol. The van der Waals surface area contributed by atoms with Crippen LogP contribution < -0.4 is 31.6 Å². The number of amides is 2. The third-order valence-corrected chi connectivity index (χ3v) is 10.4. The molecule has 0 radical (unpaired) electrons. The van der Waals surface area contributed by atoms with Gasteiger partial charge in [-0.05, 0) is 117 Å². The first-order chi connectivity index (χ1) is 23.8. The Bertz CT molecular complexity index is 1390. The second kappa shape index (κ2) is 17.9. The number of hydrogen-bond donors (Lipinski definition) is 4. The number of nitrogens with one attached hydrogen (secondary N) is 2. The predicted octanol–water partition coefficient (Wildman–Crippen LogP) is 4.37. The van der Waals surface area contributed by atoms with Gasteiger partial charge >= 0.3 is 0 Å². The summed E-state index contributed by atoms with van der Waals surface area (Å²) < 4.78 is 12.0. The summed E-state index contributed by atoms with van der Waals surface area (Å²) in [4.78, 5) is 30.4. The molecule has 6 rings (SSSR count). The lowest BCUT2D eigenvalue weighted by atomic mass is 9.99. The van der Waals surface area contributed by atoms with E-state index in [9.17, 15) is 9.59 Å². The van der Waals surface area contributed by atoms with E-state index in [1.807, 2.05) is 39.8 Å². The zero-order valence-electron chi connectivity index (χ0n) is 30.7. The van der Waals surface area contributed by atoms with E-state index in [1.54, 1.807) is 12.1 Å². The number of rotatable bonds is 10. The maximum Gasteiger partial charge on any atom is 0.255 e. The van der Waals surface area contributed by atoms with E-state index in [-0.39, 0.29) is 40.6 Å². The third kappa shape index (κ3) is 11.2. The van der Waals surface area contributed by atoms with Crippen molar-refractivity contribution in [3.8, 4) is 11.5 Å². The van der Waals surface area contributed by atoms with Crippen molar-refractivity contribution in [1.82, 2.24) is 20.4 Å². The van der Waals surface area contributed by atoms with Gasteiger partial charge in [-0.3, -0.25) is 9.59 Å². The molecular weight excluding hydrogens is 691 g/mol. The van der Waals surface area contributed by atoms with Crippen LogP contribution in [0.15, 0.2) is 24.3 Å². The number of carbonyl (C=O) groups is 2. The fourth-order valence-electron chi connectivity index (χ4n) is 7.44. The van der Waals surface area contributed by atoms with Gasteiger partial charge < -0.3 is 46.9 Å². The van der Waals surface area contributed by atoms with Crippen molar-refractivity contribution in [3.05, 3.63) is 56.6 Å². The number of benzene rings is 2. The molecule has 51 heavy (non-hydrogen) atoms. The molecule has 0 saturated carbocycles. The summed E-state index contributed by atoms with van der Waals surface area (Å²) in [6.45, 7) is 15.7. The highest BCUT2D eigenvalue weighted by Gasteiger charge is 2.36. The minimum Gasteiger partial charge on any atom is -0.486 e. The van der Waals surface area contributed by atoms with Crippen LogP contribution in [-0.4, -0.2) is 103 Å². The van der Waals surface area contributed by atoms with E-state index in [4.69, 9.17) is 44.1 Å². The van der Waals surface area contributed by atoms with E-state index in [0.29, 0.717) is 32.7 Å². The van der Waals surface area contributed by atoms with Crippen LogP contribution in [0.4, 0.5) is 0 Å². The molecule has 2 amide bonds. The summed E-state index contributed by atoms with van der Waals surface area (Å²) >= 11 is 12.4. The highest BCUT2D eigenvalue weighted by atomic mass is 35.5. The lowest BCUT2D eigenvalue weighted by molar-refractivity contribution is 0.0887. The summed E-state index contributed by atoms with van der Waals surface area (Å²) in [6, 6.07) is 7.63. The molecule has 4 aliphatic rings. The van der Waals surface area contributed by atoms with Gasteiger partial charge in [0.05, 0.1) is 11.1 Å². The molecule has 284 valence electrons. The Morgan fingerprint density at radius 3 is 1.39 bits per heavy atom. The molecule has 0 spiro atoms. The molecule has 2 fully saturated rings. The lowest BCUT2D eigenvalue weighted by Gasteiger charge is -2.32. The van der Waals surface area contributed by atoms with Crippen molar-refractivity contribution in [2.24, 2.45) is 11.5 Å². The molecule has 4 aliphatic heterocycles. The standard InChI is InChI=1S/2C19H28ClN3O2.H2O/c2*1-19(2)12-13-10-14(20)11-16(17(13)25-19)18(24)22-15-4-8-23(9-5-15)7-3-6-21;/h2*10-11,15H,3-9,12,21H2,1-2H3,(H,22,24);1H2. The minimum atomic E-state index is -0.295. The van der Waals surface area contributed by atoms with Crippen LogP contribution in [0.1, 0.15) is 98.1 Å². The fraction of sp³-hybridized carbons (Fsp3) is 0.632. The van der Waals surface area contributed by atoms with E-state index in [2.05, 4.69) is 20.4 Å². The van der Waals surface area contributed by atoms with Gasteiger partial charge in [0.25, 0.3) is 11.8 Å². The topological polar surface area (TPSA) is 167 Å². The van der Waals surface area contributed by atoms with Gasteiger partial charge in [0.15, 0.2) is 0 Å². The molecule has 0 atom stereocenters. The number of halogens is 2. The Morgan fingerprint density at radius 1 is 0.706 bits per heavy atom. The fourth-order valence-corrected chi connectivity index (χ4v) is 7.92. The molecule has 0 aromatic heterocycles. The first kappa shape index (κ1) is 41.1. The number of hydrogen-bond acceptors (Lipinski definition) is 8. The highest BCUT2D eigenvalue weighted by Crippen LogP contribution is 2.41. The summed E-state index contributed by atoms with van der Waals surface area (Å²) in [5.74, 6) is 1.20. The highest BCUT2D eigenvalue weighted by molar-refractivity contribution is 6.31. The summed E-state index contributed by atoms with van der Waals surface area (Å²) in [6.07, 6.45) is 7.44. The van der Waals surface area contributed by atoms with Crippen molar-refractivity contribution in [2.75, 3.05) is 52.4 Å². The molecule has 0 unspecified atom stereocenters. The molecule has 2 saturated heterocycles. The Balaban J connectivity index is 0.000000224. The van der Waals surface area contributed by atoms with Crippen molar-refractivity contribution < 1.29 is 24.5 Å². The normalized spacial score (nSPS) is 19.8. The molecule has 11 nitrogen and oxygen atoms in total. The second-order valence-corrected chi connectivity index (χ2v) is 16.3. The minimum absolute atomic E-state index is 0. The molecule has 0 aliphatic carbocycles. The summed E-state index contributed by atoms with van der Waals surface area (Å²) in [5.41, 5.74) is 13.7. The van der Waals surface area contributed by atoms with Crippen LogP contribution in [0.3, 0.4) is 0 Å². The van der Waals surface area contributed by atoms with Gasteiger partial charge in [0.2, 0.25) is 0 Å². The van der Waals surface area contributed by atoms with E-state index in [1.165, 1.54) is 0 Å². The van der Waals surface area contributed by atoms with Crippen molar-refractivity contribution in [1.29, 1.82) is 0 Å². The number of nitrogens with zero attached hydrogens (tertiary/aromatic N) is 2. The lowest BCUT2D eigenvalue weighted by Crippen LogP contribution is -2.45. The van der Waals surface area contributed by atoms with Gasteiger partial charge in [-0.25, -0.2) is 0 Å². The zero-order chi connectivity index (χ0) is 36.1. The number of ether oxygens (including phenoxy) is 2. The number of likely N-dealkylation sites (tertiary alicyclic amines) is 2. The van der Waals surface area contributed by atoms with Gasteiger partial charge in [0.1, 0.15) is 22.7 Å². The van der Waals surface area contributed by atoms with Gasteiger partial charge in [-0.15, -0.1) is 0 Å². The van der Waals surface area contributed by atoms with Crippen LogP contribution in [-0.2, 0) is 12.8 Å². The van der Waals surface area contributed by atoms with Crippen LogP contribution in [0.5, 0.6) is 11.5 Å². The third-order valence-electron chi connectivity index (χ3n) is 9.94. The first-order valence-corrected chi connectivity index (χ1v) is 19.0. The molecule has 8 N–H and O–H groups in total. The second-order valence-electron chi connectivity index (χ2n) is 15.4. The van der Waals surface area contributed by atoms with Gasteiger partial charge in [0, 0.05) is 72.3 Å². The summed E-state index contributed by atoms with van der Waals surface area (Å²) in [7, 11) is 0. The van der Waals surface area contributed by atoms with Crippen LogP contribution >= 0.6 is 23.2 Å². The number of fused-ring (bicyclic) bond motifs is 2. The van der Waals surface area contributed by atoms with Crippen molar-refractivity contribution >= 4 is 35.0 Å². The first-order valence-electron chi connectivity index (χ1n) is 18.3. The number of carbonyl (C=O) groups excluding carboxylic acids is 2. The maximum absolute atomic E-state index is 12.8. The van der Waals surface area contributed by atoms with Crippen LogP contribution in [0, 0.1) is 0 Å². The zero-order valence-corrected chi connectivity index (χ0v) is 32.2. The maximum atomic E-state index is 12.8. The Kier molecular flexibility index (Phi) is 14.5. The molecule has 2 aromatic carbocycles. The number of nitrogens with two attached hydrogens (primary N) is 2. The quantitative estimate of drug-likeness (QED) is 0.278. The smallest absolute Gasteiger partial charge is 0.255 e. The number of piperidine rings is 2. The average Bonchev–Trinajstić information content (AvgIpc) is 3.55. The van der Waals surface area contributed by atoms with Crippen LogP contribution in [0.2, 0.25) is 10.0 Å². The Hall–Kier alpha value is -2.64. The van der Waals surface area contributed by atoms with Gasteiger partial charge in [-0.2, -0.15) is 0 Å². The molecular formula is C38H58Cl2N6O5. The average molecular weight is 750 g/mol. The van der Waals surface area contributed by atoms with Crippen molar-refractivity contribution in [3.63, 3.8) is 0 Å². The molecule has 0 bridgehead atoms. The molecule has 13 heteroatoms. The molecule has 4 heterocycles. The van der Waals surface area contributed by atoms with E-state index in [0.717, 1.165) is 115 Å². The summed E-state index contributed by atoms with van der Waals surface area (Å²) in [5, 5.41) is 7.50. The van der Waals surface area contributed by atoms with E-state index >= 15 is 0 Å². The molecule has 2 aromatic rings. The Labute approximate surface area is 313 Å². The van der Waals surface area contributed by atoms with E-state index < -0.39 is 0 Å². The Morgan fingerprint density at radius 2 is 1.06 bits per heavy atom.